The highest BCUT2D eigenvalue weighted by molar-refractivity contribution is 6.30. The minimum Gasteiger partial charge on any atom is -0.488 e. The lowest BCUT2D eigenvalue weighted by atomic mass is 10.1. The predicted molar refractivity (Wildman–Crippen MR) is 99.1 cm³/mol. The van der Waals surface area contributed by atoms with Gasteiger partial charge in [0.05, 0.1) is 0 Å². The number of anilines is 1. The van der Waals surface area contributed by atoms with Crippen LogP contribution < -0.4 is 10.1 Å². The van der Waals surface area contributed by atoms with E-state index in [-0.39, 0.29) is 11.7 Å². The number of carbonyl (C=O) groups excluding carboxylic acids is 2. The summed E-state index contributed by atoms with van der Waals surface area (Å²) in [6.07, 6.45) is 5.10. The van der Waals surface area contributed by atoms with Gasteiger partial charge in [0.1, 0.15) is 12.4 Å². The van der Waals surface area contributed by atoms with Crippen molar-refractivity contribution < 1.29 is 14.3 Å². The Balaban J connectivity index is 1.65. The fraction of sp³-hybridized carbons (Fsp3) is 0.100. The average Bonchev–Trinajstić information content (AvgIpc) is 2.60. The zero-order chi connectivity index (χ0) is 17.8. The Bertz CT molecular complexity index is 882. The Labute approximate surface area is 150 Å². The summed E-state index contributed by atoms with van der Waals surface area (Å²) >= 11 is 5.98. The Morgan fingerprint density at radius 3 is 2.64 bits per heavy atom. The summed E-state index contributed by atoms with van der Waals surface area (Å²) in [7, 11) is 0. The van der Waals surface area contributed by atoms with Crippen molar-refractivity contribution in [2.24, 2.45) is 0 Å². The first-order valence-electron chi connectivity index (χ1n) is 7.74. The zero-order valence-electron chi connectivity index (χ0n) is 13.6. The SMILES string of the molecule is CC(=O)c1ccc(NC(=O)/C=C/C2=Cc3cc(Cl)ccc3OC2)cc1. The molecule has 0 bridgehead atoms. The van der Waals surface area contributed by atoms with E-state index in [2.05, 4.69) is 5.32 Å². The van der Waals surface area contributed by atoms with Gasteiger partial charge in [0.2, 0.25) is 5.91 Å². The Kier molecular flexibility index (Phi) is 5.00. The van der Waals surface area contributed by atoms with Crippen LogP contribution in [0.4, 0.5) is 5.69 Å². The van der Waals surface area contributed by atoms with E-state index >= 15 is 0 Å². The van der Waals surface area contributed by atoms with Crippen molar-refractivity contribution in [3.8, 4) is 5.75 Å². The fourth-order valence-corrected chi connectivity index (χ4v) is 2.60. The smallest absolute Gasteiger partial charge is 0.248 e. The number of hydrogen-bond acceptors (Lipinski definition) is 3. The zero-order valence-corrected chi connectivity index (χ0v) is 14.3. The third-order valence-electron chi connectivity index (χ3n) is 3.71. The number of ketones is 1. The van der Waals surface area contributed by atoms with E-state index in [1.807, 2.05) is 18.2 Å². The number of nitrogens with one attached hydrogen (secondary N) is 1. The highest BCUT2D eigenvalue weighted by Crippen LogP contribution is 2.29. The lowest BCUT2D eigenvalue weighted by molar-refractivity contribution is -0.111. The first kappa shape index (κ1) is 17.0. The van der Waals surface area contributed by atoms with E-state index in [1.165, 1.54) is 13.0 Å². The molecule has 1 aliphatic rings. The molecular formula is C20H16ClNO3. The number of carbonyl (C=O) groups is 2. The van der Waals surface area contributed by atoms with Gasteiger partial charge in [-0.1, -0.05) is 17.7 Å². The predicted octanol–water partition coefficient (Wildman–Crippen LogP) is 4.51. The van der Waals surface area contributed by atoms with Gasteiger partial charge >= 0.3 is 0 Å². The minimum absolute atomic E-state index is 0.0117. The standard InChI is InChI=1S/C20H16ClNO3/c1-13(23)15-3-6-18(7-4-15)22-20(24)9-2-14-10-16-11-17(21)5-8-19(16)25-12-14/h2-11H,12H2,1H3,(H,22,24)/b9-2+. The molecule has 3 rings (SSSR count). The molecule has 0 unspecified atom stereocenters. The van der Waals surface area contributed by atoms with Gasteiger partial charge in [0.15, 0.2) is 5.78 Å². The molecule has 2 aromatic carbocycles. The van der Waals surface area contributed by atoms with Gasteiger partial charge in [-0.05, 0) is 61.0 Å². The molecular weight excluding hydrogens is 338 g/mol. The number of fused-ring (bicyclic) bond motifs is 1. The van der Waals surface area contributed by atoms with Crippen LogP contribution in [0.2, 0.25) is 5.02 Å². The highest BCUT2D eigenvalue weighted by atomic mass is 35.5. The van der Waals surface area contributed by atoms with E-state index < -0.39 is 0 Å². The molecule has 1 heterocycles. The van der Waals surface area contributed by atoms with Gasteiger partial charge in [-0.2, -0.15) is 0 Å². The summed E-state index contributed by atoms with van der Waals surface area (Å²) in [5, 5.41) is 3.38. The molecule has 0 aromatic heterocycles. The van der Waals surface area contributed by atoms with Gasteiger partial charge in [-0.3, -0.25) is 9.59 Å². The van der Waals surface area contributed by atoms with Crippen molar-refractivity contribution in [2.75, 3.05) is 11.9 Å². The second-order valence-electron chi connectivity index (χ2n) is 5.65. The number of hydrogen-bond donors (Lipinski definition) is 1. The van der Waals surface area contributed by atoms with E-state index in [1.54, 1.807) is 36.4 Å². The Hall–Kier alpha value is -2.85. The monoisotopic (exact) mass is 353 g/mol. The lowest BCUT2D eigenvalue weighted by Gasteiger charge is -2.16. The first-order chi connectivity index (χ1) is 12.0. The largest absolute Gasteiger partial charge is 0.488 e. The van der Waals surface area contributed by atoms with Crippen LogP contribution in [0, 0.1) is 0 Å². The number of halogens is 1. The van der Waals surface area contributed by atoms with Crippen LogP contribution in [0.5, 0.6) is 5.75 Å². The molecule has 0 spiro atoms. The van der Waals surface area contributed by atoms with Crippen molar-refractivity contribution in [1.29, 1.82) is 0 Å². The van der Waals surface area contributed by atoms with Gasteiger partial charge in [0, 0.05) is 27.9 Å². The molecule has 126 valence electrons. The molecule has 0 aliphatic carbocycles. The van der Waals surface area contributed by atoms with Crippen LogP contribution in [0.25, 0.3) is 6.08 Å². The Morgan fingerprint density at radius 1 is 1.16 bits per heavy atom. The molecule has 25 heavy (non-hydrogen) atoms. The molecule has 5 heteroatoms. The summed E-state index contributed by atoms with van der Waals surface area (Å²) in [4.78, 5) is 23.3. The number of Topliss-reactive ketones (excluding diaryl/α,β-unsaturated/α-hetero) is 1. The maximum Gasteiger partial charge on any atom is 0.248 e. The molecule has 4 nitrogen and oxygen atoms in total. The second-order valence-corrected chi connectivity index (χ2v) is 6.08. The number of amides is 1. The van der Waals surface area contributed by atoms with E-state index in [4.69, 9.17) is 16.3 Å². The summed E-state index contributed by atoms with van der Waals surface area (Å²) in [5.41, 5.74) is 3.00. The molecule has 0 saturated heterocycles. The lowest BCUT2D eigenvalue weighted by Crippen LogP contribution is -2.10. The summed E-state index contributed by atoms with van der Waals surface area (Å²) < 4.78 is 5.64. The van der Waals surface area contributed by atoms with Crippen molar-refractivity contribution in [3.63, 3.8) is 0 Å². The number of ether oxygens (including phenoxy) is 1. The summed E-state index contributed by atoms with van der Waals surface area (Å²) in [6.45, 7) is 1.90. The molecule has 1 N–H and O–H groups in total. The fourth-order valence-electron chi connectivity index (χ4n) is 2.42. The molecule has 1 amide bonds. The number of rotatable bonds is 4. The van der Waals surface area contributed by atoms with E-state index in [0.29, 0.717) is 22.9 Å². The molecule has 0 radical (unpaired) electrons. The average molecular weight is 354 g/mol. The topological polar surface area (TPSA) is 55.4 Å². The molecule has 0 saturated carbocycles. The van der Waals surface area contributed by atoms with Crippen molar-refractivity contribution in [3.05, 3.63) is 76.3 Å². The minimum atomic E-state index is -0.256. The third kappa shape index (κ3) is 4.37. The van der Waals surface area contributed by atoms with Gasteiger partial charge in [-0.25, -0.2) is 0 Å². The van der Waals surface area contributed by atoms with Crippen molar-refractivity contribution in [1.82, 2.24) is 0 Å². The van der Waals surface area contributed by atoms with Crippen LogP contribution in [-0.2, 0) is 4.79 Å². The van der Waals surface area contributed by atoms with Gasteiger partial charge < -0.3 is 10.1 Å². The first-order valence-corrected chi connectivity index (χ1v) is 8.12. The van der Waals surface area contributed by atoms with Gasteiger partial charge in [0.25, 0.3) is 0 Å². The van der Waals surface area contributed by atoms with Crippen molar-refractivity contribution in [2.45, 2.75) is 6.92 Å². The summed E-state index contributed by atoms with van der Waals surface area (Å²) in [5.74, 6) is 0.507. The Morgan fingerprint density at radius 2 is 1.92 bits per heavy atom. The van der Waals surface area contributed by atoms with E-state index in [9.17, 15) is 9.59 Å². The van der Waals surface area contributed by atoms with Crippen LogP contribution in [0.3, 0.4) is 0 Å². The normalized spacial score (nSPS) is 13.0. The van der Waals surface area contributed by atoms with Crippen LogP contribution in [0.15, 0.2) is 60.2 Å². The molecule has 0 fully saturated rings. The van der Waals surface area contributed by atoms with Crippen molar-refractivity contribution >= 4 is 35.1 Å². The number of benzene rings is 2. The maximum absolute atomic E-state index is 12.0. The maximum atomic E-state index is 12.0. The summed E-state index contributed by atoms with van der Waals surface area (Å²) in [6, 6.07) is 12.2. The van der Waals surface area contributed by atoms with E-state index in [0.717, 1.165) is 16.9 Å². The van der Waals surface area contributed by atoms with Crippen LogP contribution in [0.1, 0.15) is 22.8 Å². The highest BCUT2D eigenvalue weighted by Gasteiger charge is 2.10. The van der Waals surface area contributed by atoms with Crippen LogP contribution >= 0.6 is 11.6 Å². The quantitative estimate of drug-likeness (QED) is 0.649. The molecule has 2 aromatic rings. The second kappa shape index (κ2) is 7.36. The molecule has 0 atom stereocenters. The van der Waals surface area contributed by atoms with Crippen LogP contribution in [-0.4, -0.2) is 18.3 Å². The third-order valence-corrected chi connectivity index (χ3v) is 3.95. The molecule has 1 aliphatic heterocycles. The van der Waals surface area contributed by atoms with Gasteiger partial charge in [-0.15, -0.1) is 0 Å².